The fourth-order valence-corrected chi connectivity index (χ4v) is 1.67. The van der Waals surface area contributed by atoms with Gasteiger partial charge in [-0.25, -0.2) is 0 Å². The van der Waals surface area contributed by atoms with Crippen molar-refractivity contribution in [3.8, 4) is 5.75 Å². The Morgan fingerprint density at radius 3 is 2.35 bits per heavy atom. The maximum atomic E-state index is 12.2. The van der Waals surface area contributed by atoms with E-state index in [9.17, 15) is 13.2 Å². The van der Waals surface area contributed by atoms with Crippen LogP contribution in [0.2, 0.25) is 0 Å². The highest BCUT2D eigenvalue weighted by Crippen LogP contribution is 2.30. The van der Waals surface area contributed by atoms with E-state index in [2.05, 4.69) is 9.72 Å². The van der Waals surface area contributed by atoms with Crippen LogP contribution in [0.3, 0.4) is 0 Å². The van der Waals surface area contributed by atoms with Crippen LogP contribution < -0.4 is 4.74 Å². The van der Waals surface area contributed by atoms with Gasteiger partial charge in [0.25, 0.3) is 0 Å². The molecule has 2 aromatic rings. The summed E-state index contributed by atoms with van der Waals surface area (Å²) in [5.74, 6) is -0.257. The summed E-state index contributed by atoms with van der Waals surface area (Å²) >= 11 is 0. The molecule has 0 bridgehead atoms. The van der Waals surface area contributed by atoms with Crippen molar-refractivity contribution in [1.82, 2.24) is 4.98 Å². The van der Waals surface area contributed by atoms with Gasteiger partial charge < -0.3 is 4.74 Å². The second-order valence-corrected chi connectivity index (χ2v) is 3.90. The fraction of sp³-hybridized carbons (Fsp3) is 0.250. The first kappa shape index (κ1) is 11.7. The first-order valence-corrected chi connectivity index (χ1v) is 4.98. The van der Waals surface area contributed by atoms with Gasteiger partial charge in [-0.1, -0.05) is 0 Å². The minimum absolute atomic E-state index is 0.221. The molecule has 1 heterocycles. The second kappa shape index (κ2) is 3.91. The first-order valence-electron chi connectivity index (χ1n) is 4.98. The Bertz CT molecular complexity index is 558. The smallest absolute Gasteiger partial charge is 0.403 e. The van der Waals surface area contributed by atoms with Crippen molar-refractivity contribution in [2.45, 2.75) is 20.2 Å². The standard InChI is InChI=1S/C12H10F3NO/c1-7-3-9-4-8(2)6-16-11(9)10(5-7)17-12(13,14)15/h3-6H,1-2H3. The van der Waals surface area contributed by atoms with Crippen molar-refractivity contribution < 1.29 is 17.9 Å². The lowest BCUT2D eigenvalue weighted by Crippen LogP contribution is -2.17. The molecule has 0 aliphatic carbocycles. The van der Waals surface area contributed by atoms with Gasteiger partial charge in [-0.05, 0) is 43.2 Å². The van der Waals surface area contributed by atoms with E-state index >= 15 is 0 Å². The number of fused-ring (bicyclic) bond motifs is 1. The minimum atomic E-state index is -4.70. The third-order valence-corrected chi connectivity index (χ3v) is 2.25. The van der Waals surface area contributed by atoms with Crippen LogP contribution in [0.5, 0.6) is 5.75 Å². The lowest BCUT2D eigenvalue weighted by molar-refractivity contribution is -0.274. The van der Waals surface area contributed by atoms with Gasteiger partial charge in [-0.3, -0.25) is 4.98 Å². The lowest BCUT2D eigenvalue weighted by Gasteiger charge is -2.12. The highest BCUT2D eigenvalue weighted by molar-refractivity contribution is 5.85. The summed E-state index contributed by atoms with van der Waals surface area (Å²) in [7, 11) is 0. The number of ether oxygens (including phenoxy) is 1. The molecular weight excluding hydrogens is 231 g/mol. The Balaban J connectivity index is 2.62. The van der Waals surface area contributed by atoms with Crippen molar-refractivity contribution in [3.63, 3.8) is 0 Å². The summed E-state index contributed by atoms with van der Waals surface area (Å²) in [5.41, 5.74) is 1.81. The van der Waals surface area contributed by atoms with E-state index in [1.165, 1.54) is 12.3 Å². The van der Waals surface area contributed by atoms with Crippen LogP contribution in [0.25, 0.3) is 10.9 Å². The van der Waals surface area contributed by atoms with Gasteiger partial charge in [0.2, 0.25) is 0 Å². The molecule has 2 nitrogen and oxygen atoms in total. The zero-order valence-electron chi connectivity index (χ0n) is 9.30. The number of rotatable bonds is 1. The van der Waals surface area contributed by atoms with Gasteiger partial charge in [0.1, 0.15) is 5.52 Å². The van der Waals surface area contributed by atoms with E-state index in [1.807, 2.05) is 6.92 Å². The van der Waals surface area contributed by atoms with Gasteiger partial charge in [-0.2, -0.15) is 0 Å². The monoisotopic (exact) mass is 241 g/mol. The summed E-state index contributed by atoms with van der Waals surface area (Å²) in [4.78, 5) is 3.98. The quantitative estimate of drug-likeness (QED) is 0.758. The molecule has 0 N–H and O–H groups in total. The van der Waals surface area contributed by atoms with E-state index in [-0.39, 0.29) is 11.3 Å². The molecule has 1 aromatic heterocycles. The Morgan fingerprint density at radius 2 is 1.71 bits per heavy atom. The van der Waals surface area contributed by atoms with Crippen LogP contribution in [0.4, 0.5) is 13.2 Å². The molecule has 0 spiro atoms. The van der Waals surface area contributed by atoms with Crippen molar-refractivity contribution in [1.29, 1.82) is 0 Å². The number of benzene rings is 1. The van der Waals surface area contributed by atoms with Gasteiger partial charge in [0.15, 0.2) is 5.75 Å². The van der Waals surface area contributed by atoms with Crippen LogP contribution >= 0.6 is 0 Å². The fourth-order valence-electron chi connectivity index (χ4n) is 1.67. The van der Waals surface area contributed by atoms with Crippen molar-refractivity contribution >= 4 is 10.9 Å². The largest absolute Gasteiger partial charge is 0.573 e. The van der Waals surface area contributed by atoms with Gasteiger partial charge in [0, 0.05) is 11.6 Å². The highest BCUT2D eigenvalue weighted by Gasteiger charge is 2.32. The molecule has 0 amide bonds. The molecular formula is C12H10F3NO. The number of hydrogen-bond acceptors (Lipinski definition) is 2. The van der Waals surface area contributed by atoms with E-state index in [4.69, 9.17) is 0 Å². The zero-order valence-corrected chi connectivity index (χ0v) is 9.30. The van der Waals surface area contributed by atoms with Gasteiger partial charge in [-0.15, -0.1) is 13.2 Å². The molecule has 0 saturated carbocycles. The molecule has 0 atom stereocenters. The van der Waals surface area contributed by atoms with E-state index in [0.29, 0.717) is 10.9 Å². The molecule has 0 aliphatic rings. The predicted octanol–water partition coefficient (Wildman–Crippen LogP) is 3.75. The molecule has 0 aliphatic heterocycles. The van der Waals surface area contributed by atoms with Crippen LogP contribution in [0.15, 0.2) is 24.4 Å². The van der Waals surface area contributed by atoms with E-state index < -0.39 is 6.36 Å². The molecule has 0 saturated heterocycles. The Hall–Kier alpha value is -1.78. The number of halogens is 3. The second-order valence-electron chi connectivity index (χ2n) is 3.90. The number of aromatic nitrogens is 1. The van der Waals surface area contributed by atoms with Crippen molar-refractivity contribution in [2.24, 2.45) is 0 Å². The average molecular weight is 241 g/mol. The van der Waals surface area contributed by atoms with Crippen LogP contribution in [-0.4, -0.2) is 11.3 Å². The van der Waals surface area contributed by atoms with Gasteiger partial charge in [0.05, 0.1) is 0 Å². The maximum Gasteiger partial charge on any atom is 0.573 e. The topological polar surface area (TPSA) is 22.1 Å². The van der Waals surface area contributed by atoms with Crippen molar-refractivity contribution in [2.75, 3.05) is 0 Å². The Morgan fingerprint density at radius 1 is 1.06 bits per heavy atom. The third kappa shape index (κ3) is 2.67. The number of nitrogens with zero attached hydrogens (tertiary/aromatic N) is 1. The summed E-state index contributed by atoms with van der Waals surface area (Å²) in [5, 5.41) is 0.643. The van der Waals surface area contributed by atoms with E-state index in [1.54, 1.807) is 19.1 Å². The summed E-state index contributed by atoms with van der Waals surface area (Å²) in [6.07, 6.45) is -3.19. The normalized spacial score (nSPS) is 11.8. The molecule has 90 valence electrons. The molecule has 0 fully saturated rings. The van der Waals surface area contributed by atoms with Crippen LogP contribution in [-0.2, 0) is 0 Å². The maximum absolute atomic E-state index is 12.2. The SMILES string of the molecule is Cc1cnc2c(OC(F)(F)F)cc(C)cc2c1. The molecule has 0 radical (unpaired) electrons. The molecule has 0 unspecified atom stereocenters. The summed E-state index contributed by atoms with van der Waals surface area (Å²) in [6.45, 7) is 3.55. The minimum Gasteiger partial charge on any atom is -0.403 e. The summed E-state index contributed by atoms with van der Waals surface area (Å²) < 4.78 is 40.7. The first-order chi connectivity index (χ1) is 7.85. The number of aryl methyl sites for hydroxylation is 2. The molecule has 17 heavy (non-hydrogen) atoms. The predicted molar refractivity (Wildman–Crippen MR) is 57.9 cm³/mol. The highest BCUT2D eigenvalue weighted by atomic mass is 19.4. The molecule has 2 rings (SSSR count). The van der Waals surface area contributed by atoms with Crippen LogP contribution in [0, 0.1) is 13.8 Å². The Labute approximate surface area is 96.0 Å². The van der Waals surface area contributed by atoms with E-state index in [0.717, 1.165) is 5.56 Å². The Kier molecular flexibility index (Phi) is 2.69. The average Bonchev–Trinajstić information content (AvgIpc) is 2.13. The number of alkyl halides is 3. The van der Waals surface area contributed by atoms with Crippen molar-refractivity contribution in [3.05, 3.63) is 35.5 Å². The number of hydrogen-bond donors (Lipinski definition) is 0. The molecule has 1 aromatic carbocycles. The van der Waals surface area contributed by atoms with Gasteiger partial charge >= 0.3 is 6.36 Å². The lowest BCUT2D eigenvalue weighted by atomic mass is 10.1. The zero-order chi connectivity index (χ0) is 12.6. The number of pyridine rings is 1. The third-order valence-electron chi connectivity index (χ3n) is 2.25. The van der Waals surface area contributed by atoms with Crippen LogP contribution in [0.1, 0.15) is 11.1 Å². The molecule has 5 heteroatoms. The summed E-state index contributed by atoms with van der Waals surface area (Å²) in [6, 6.07) is 4.88.